The van der Waals surface area contributed by atoms with Crippen molar-refractivity contribution in [3.05, 3.63) is 0 Å². The fraction of sp³-hybridized carbons (Fsp3) is 1.00. The minimum Gasteiger partial charge on any atom is -0.312 e. The third kappa shape index (κ3) is 1.48. The summed E-state index contributed by atoms with van der Waals surface area (Å²) in [6.45, 7) is 4.41. The molecule has 1 heteroatoms. The van der Waals surface area contributed by atoms with Gasteiger partial charge in [0.2, 0.25) is 0 Å². The third-order valence-electron chi connectivity index (χ3n) is 1.67. The van der Waals surface area contributed by atoms with Crippen LogP contribution in [0.1, 0.15) is 33.1 Å². The molecule has 0 heterocycles. The normalized spacial score (nSPS) is 21.4. The SMILES string of the molecule is CC(C)NC1CCC1. The van der Waals surface area contributed by atoms with Crippen LogP contribution in [0.2, 0.25) is 0 Å². The van der Waals surface area contributed by atoms with Crippen molar-refractivity contribution in [2.24, 2.45) is 0 Å². The molecule has 0 aromatic carbocycles. The molecule has 0 saturated heterocycles. The zero-order valence-electron chi connectivity index (χ0n) is 5.78. The Kier molecular flexibility index (Phi) is 1.90. The van der Waals surface area contributed by atoms with E-state index in [1.165, 1.54) is 19.3 Å². The average molecular weight is 113 g/mol. The number of hydrogen-bond donors (Lipinski definition) is 1. The largest absolute Gasteiger partial charge is 0.312 e. The Hall–Kier alpha value is -0.0400. The molecule has 0 atom stereocenters. The van der Waals surface area contributed by atoms with Crippen LogP contribution in [0.15, 0.2) is 0 Å². The van der Waals surface area contributed by atoms with Crippen LogP contribution in [0.4, 0.5) is 0 Å². The van der Waals surface area contributed by atoms with Gasteiger partial charge in [-0.3, -0.25) is 0 Å². The van der Waals surface area contributed by atoms with Crippen LogP contribution < -0.4 is 5.32 Å². The Morgan fingerprint density at radius 1 is 1.38 bits per heavy atom. The monoisotopic (exact) mass is 113 g/mol. The molecule has 1 aliphatic rings. The maximum atomic E-state index is 3.48. The van der Waals surface area contributed by atoms with Gasteiger partial charge in [-0.25, -0.2) is 0 Å². The molecular weight excluding hydrogens is 98.1 g/mol. The molecule has 8 heavy (non-hydrogen) atoms. The predicted molar refractivity (Wildman–Crippen MR) is 35.9 cm³/mol. The van der Waals surface area contributed by atoms with Crippen LogP contribution in [0.3, 0.4) is 0 Å². The average Bonchev–Trinajstić information content (AvgIpc) is 1.55. The highest BCUT2D eigenvalue weighted by Gasteiger charge is 2.16. The van der Waals surface area contributed by atoms with Crippen molar-refractivity contribution in [1.29, 1.82) is 0 Å². The third-order valence-corrected chi connectivity index (χ3v) is 1.67. The van der Waals surface area contributed by atoms with Gasteiger partial charge in [-0.15, -0.1) is 0 Å². The van der Waals surface area contributed by atoms with Crippen LogP contribution in [0.5, 0.6) is 0 Å². The van der Waals surface area contributed by atoms with E-state index in [4.69, 9.17) is 0 Å². The van der Waals surface area contributed by atoms with Crippen molar-refractivity contribution in [3.63, 3.8) is 0 Å². The molecule has 0 unspecified atom stereocenters. The first-order valence-corrected chi connectivity index (χ1v) is 3.55. The summed E-state index contributed by atoms with van der Waals surface area (Å²) in [6.07, 6.45) is 4.24. The van der Waals surface area contributed by atoms with Gasteiger partial charge in [-0.05, 0) is 12.8 Å². The summed E-state index contributed by atoms with van der Waals surface area (Å²) in [5, 5.41) is 3.48. The smallest absolute Gasteiger partial charge is 0.00694 e. The Morgan fingerprint density at radius 2 is 2.00 bits per heavy atom. The summed E-state index contributed by atoms with van der Waals surface area (Å²) in [5.74, 6) is 0. The van der Waals surface area contributed by atoms with Crippen molar-refractivity contribution in [1.82, 2.24) is 5.32 Å². The Morgan fingerprint density at radius 3 is 2.12 bits per heavy atom. The minimum atomic E-state index is 0.681. The zero-order chi connectivity index (χ0) is 5.98. The number of nitrogens with one attached hydrogen (secondary N) is 1. The first-order valence-electron chi connectivity index (χ1n) is 3.55. The molecular formula is C7H15N. The molecule has 1 fully saturated rings. The summed E-state index contributed by atoms with van der Waals surface area (Å²) >= 11 is 0. The molecule has 0 amide bonds. The summed E-state index contributed by atoms with van der Waals surface area (Å²) in [7, 11) is 0. The fourth-order valence-corrected chi connectivity index (χ4v) is 1.05. The van der Waals surface area contributed by atoms with Crippen LogP contribution in [-0.2, 0) is 0 Å². The zero-order valence-corrected chi connectivity index (χ0v) is 5.78. The van der Waals surface area contributed by atoms with Crippen molar-refractivity contribution in [2.45, 2.75) is 45.2 Å². The topological polar surface area (TPSA) is 12.0 Å². The second kappa shape index (κ2) is 2.49. The second-order valence-corrected chi connectivity index (χ2v) is 2.95. The molecule has 0 radical (unpaired) electrons. The van der Waals surface area contributed by atoms with E-state index < -0.39 is 0 Å². The molecule has 1 N–H and O–H groups in total. The molecule has 0 spiro atoms. The maximum absolute atomic E-state index is 3.48. The lowest BCUT2D eigenvalue weighted by Crippen LogP contribution is -2.39. The van der Waals surface area contributed by atoms with E-state index >= 15 is 0 Å². The molecule has 0 bridgehead atoms. The molecule has 1 nitrogen and oxygen atoms in total. The molecule has 1 rings (SSSR count). The lowest BCUT2D eigenvalue weighted by Gasteiger charge is -2.28. The van der Waals surface area contributed by atoms with Crippen molar-refractivity contribution in [2.75, 3.05) is 0 Å². The fourth-order valence-electron chi connectivity index (χ4n) is 1.05. The van der Waals surface area contributed by atoms with Gasteiger partial charge in [-0.1, -0.05) is 20.3 Å². The summed E-state index contributed by atoms with van der Waals surface area (Å²) < 4.78 is 0. The van der Waals surface area contributed by atoms with E-state index in [0.29, 0.717) is 6.04 Å². The van der Waals surface area contributed by atoms with E-state index in [-0.39, 0.29) is 0 Å². The van der Waals surface area contributed by atoms with E-state index in [1.807, 2.05) is 0 Å². The Balaban J connectivity index is 2.01. The van der Waals surface area contributed by atoms with Crippen LogP contribution in [-0.4, -0.2) is 12.1 Å². The highest BCUT2D eigenvalue weighted by Crippen LogP contribution is 2.18. The van der Waals surface area contributed by atoms with E-state index in [0.717, 1.165) is 6.04 Å². The molecule has 0 aromatic rings. The summed E-state index contributed by atoms with van der Waals surface area (Å²) in [4.78, 5) is 0. The quantitative estimate of drug-likeness (QED) is 0.572. The minimum absolute atomic E-state index is 0.681. The van der Waals surface area contributed by atoms with Crippen LogP contribution in [0.25, 0.3) is 0 Å². The van der Waals surface area contributed by atoms with Gasteiger partial charge in [0, 0.05) is 12.1 Å². The second-order valence-electron chi connectivity index (χ2n) is 2.95. The molecule has 48 valence electrons. The van der Waals surface area contributed by atoms with Gasteiger partial charge in [0.1, 0.15) is 0 Å². The Bertz CT molecular complexity index is 64.8. The van der Waals surface area contributed by atoms with Crippen LogP contribution in [0, 0.1) is 0 Å². The first-order chi connectivity index (χ1) is 3.79. The van der Waals surface area contributed by atoms with Gasteiger partial charge in [0.25, 0.3) is 0 Å². The van der Waals surface area contributed by atoms with E-state index in [1.54, 1.807) is 0 Å². The molecule has 1 saturated carbocycles. The highest BCUT2D eigenvalue weighted by atomic mass is 14.9. The predicted octanol–water partition coefficient (Wildman–Crippen LogP) is 1.54. The molecule has 0 aromatic heterocycles. The molecule has 0 aliphatic heterocycles. The van der Waals surface area contributed by atoms with E-state index in [2.05, 4.69) is 19.2 Å². The van der Waals surface area contributed by atoms with Crippen molar-refractivity contribution >= 4 is 0 Å². The highest BCUT2D eigenvalue weighted by molar-refractivity contribution is 4.77. The van der Waals surface area contributed by atoms with Gasteiger partial charge in [0.15, 0.2) is 0 Å². The van der Waals surface area contributed by atoms with Gasteiger partial charge in [-0.2, -0.15) is 0 Å². The van der Waals surface area contributed by atoms with Gasteiger partial charge >= 0.3 is 0 Å². The number of hydrogen-bond acceptors (Lipinski definition) is 1. The summed E-state index contributed by atoms with van der Waals surface area (Å²) in [6, 6.07) is 1.54. The lowest BCUT2D eigenvalue weighted by atomic mass is 9.93. The maximum Gasteiger partial charge on any atom is 0.00694 e. The first kappa shape index (κ1) is 6.09. The van der Waals surface area contributed by atoms with Crippen LogP contribution >= 0.6 is 0 Å². The van der Waals surface area contributed by atoms with Crippen molar-refractivity contribution < 1.29 is 0 Å². The van der Waals surface area contributed by atoms with Gasteiger partial charge in [0.05, 0.1) is 0 Å². The standard InChI is InChI=1S/C7H15N/c1-6(2)8-7-4-3-5-7/h6-8H,3-5H2,1-2H3. The molecule has 1 aliphatic carbocycles. The van der Waals surface area contributed by atoms with E-state index in [9.17, 15) is 0 Å². The summed E-state index contributed by atoms with van der Waals surface area (Å²) in [5.41, 5.74) is 0. The Labute approximate surface area is 51.5 Å². The lowest BCUT2D eigenvalue weighted by molar-refractivity contribution is 0.318. The number of rotatable bonds is 2. The van der Waals surface area contributed by atoms with Gasteiger partial charge < -0.3 is 5.32 Å². The van der Waals surface area contributed by atoms with Crippen molar-refractivity contribution in [3.8, 4) is 0 Å².